The van der Waals surface area contributed by atoms with E-state index in [0.29, 0.717) is 16.0 Å². The van der Waals surface area contributed by atoms with Crippen molar-refractivity contribution in [3.63, 3.8) is 0 Å². The van der Waals surface area contributed by atoms with Crippen molar-refractivity contribution in [1.82, 2.24) is 9.55 Å². The number of hydrogen-bond donors (Lipinski definition) is 2. The van der Waals surface area contributed by atoms with Gasteiger partial charge in [0, 0.05) is 10.4 Å². The largest absolute Gasteiger partial charge is 0.394 e. The van der Waals surface area contributed by atoms with Crippen molar-refractivity contribution in [2.45, 2.75) is 26.5 Å². The number of aromatic nitrogens is 2. The average Bonchev–Trinajstić information content (AvgIpc) is 2.88. The summed E-state index contributed by atoms with van der Waals surface area (Å²) in [6, 6.07) is 5.98. The normalized spacial score (nSPS) is 12.7. The van der Waals surface area contributed by atoms with Crippen molar-refractivity contribution in [3.05, 3.63) is 51.1 Å². The minimum absolute atomic E-state index is 0.0259. The zero-order valence-electron chi connectivity index (χ0n) is 13.3. The Hall–Kier alpha value is -2.09. The Morgan fingerprint density at radius 3 is 2.58 bits per heavy atom. The van der Waals surface area contributed by atoms with E-state index in [9.17, 15) is 14.3 Å². The molecule has 24 heavy (non-hydrogen) atoms. The van der Waals surface area contributed by atoms with Gasteiger partial charge in [0.1, 0.15) is 16.5 Å². The van der Waals surface area contributed by atoms with Crippen LogP contribution in [0, 0.1) is 19.7 Å². The summed E-state index contributed by atoms with van der Waals surface area (Å²) in [5.41, 5.74) is 1.21. The highest BCUT2D eigenvalue weighted by Crippen LogP contribution is 2.35. The molecule has 0 aliphatic carbocycles. The third-order valence-corrected chi connectivity index (χ3v) is 4.91. The van der Waals surface area contributed by atoms with Crippen LogP contribution < -0.4 is 5.56 Å². The van der Waals surface area contributed by atoms with Gasteiger partial charge in [-0.05, 0) is 31.5 Å². The Morgan fingerprint density at radius 2 is 1.96 bits per heavy atom. The fraction of sp³-hybridized carbons (Fsp3) is 0.294. The van der Waals surface area contributed by atoms with Gasteiger partial charge in [0.2, 0.25) is 0 Å². The number of rotatable bonds is 4. The zero-order chi connectivity index (χ0) is 17.4. The average molecular weight is 348 g/mol. The van der Waals surface area contributed by atoms with Gasteiger partial charge in [-0.3, -0.25) is 9.36 Å². The zero-order valence-corrected chi connectivity index (χ0v) is 14.1. The van der Waals surface area contributed by atoms with Crippen molar-refractivity contribution < 1.29 is 14.6 Å². The van der Waals surface area contributed by atoms with Crippen molar-refractivity contribution in [2.24, 2.45) is 0 Å². The first-order chi connectivity index (χ1) is 11.4. The fourth-order valence-corrected chi connectivity index (χ4v) is 3.83. The number of aliphatic hydroxyl groups excluding tert-OH is 2. The van der Waals surface area contributed by atoms with E-state index in [1.54, 1.807) is 19.1 Å². The molecule has 2 N–H and O–H groups in total. The molecule has 126 valence electrons. The van der Waals surface area contributed by atoms with Crippen LogP contribution in [-0.2, 0) is 6.54 Å². The van der Waals surface area contributed by atoms with Crippen LogP contribution in [-0.4, -0.2) is 32.5 Å². The second-order valence-electron chi connectivity index (χ2n) is 5.63. The van der Waals surface area contributed by atoms with Gasteiger partial charge < -0.3 is 10.2 Å². The summed E-state index contributed by atoms with van der Waals surface area (Å²) >= 11 is 1.41. The molecule has 7 heteroatoms. The van der Waals surface area contributed by atoms with Crippen LogP contribution in [0.5, 0.6) is 0 Å². The summed E-state index contributed by atoms with van der Waals surface area (Å²) in [7, 11) is 0. The molecule has 0 aliphatic heterocycles. The summed E-state index contributed by atoms with van der Waals surface area (Å²) in [6.07, 6.45) is -1.03. The molecule has 1 aromatic carbocycles. The summed E-state index contributed by atoms with van der Waals surface area (Å²) in [5.74, 6) is 0.139. The lowest BCUT2D eigenvalue weighted by Gasteiger charge is -2.13. The molecule has 0 radical (unpaired) electrons. The Bertz CT molecular complexity index is 947. The molecule has 3 rings (SSSR count). The third-order valence-electron chi connectivity index (χ3n) is 3.92. The smallest absolute Gasteiger partial charge is 0.262 e. The second kappa shape index (κ2) is 6.43. The standard InChI is InChI=1S/C17H17FN2O3S/c1-9-14(11-3-5-12(18)6-4-11)15-16(24-9)19-10(2)20(17(15)23)7-13(22)8-21/h3-6,13,21-22H,7-8H2,1-2H3. The highest BCUT2D eigenvalue weighted by Gasteiger charge is 2.19. The topological polar surface area (TPSA) is 75.3 Å². The molecule has 0 saturated carbocycles. The van der Waals surface area contributed by atoms with Crippen LogP contribution in [0.15, 0.2) is 29.1 Å². The van der Waals surface area contributed by atoms with Crippen molar-refractivity contribution in [3.8, 4) is 11.1 Å². The van der Waals surface area contributed by atoms with Gasteiger partial charge in [0.05, 0.1) is 24.6 Å². The molecule has 0 spiro atoms. The minimum Gasteiger partial charge on any atom is -0.394 e. The van der Waals surface area contributed by atoms with Crippen molar-refractivity contribution in [1.29, 1.82) is 0 Å². The lowest BCUT2D eigenvalue weighted by Crippen LogP contribution is -2.30. The Labute approximate surface area is 141 Å². The SMILES string of the molecule is Cc1sc2nc(C)n(CC(O)CO)c(=O)c2c1-c1ccc(F)cc1. The van der Waals surface area contributed by atoms with Crippen LogP contribution in [0.2, 0.25) is 0 Å². The van der Waals surface area contributed by atoms with Gasteiger partial charge >= 0.3 is 0 Å². The molecule has 3 aromatic rings. The Kier molecular flexibility index (Phi) is 4.49. The quantitative estimate of drug-likeness (QED) is 0.758. The Balaban J connectivity index is 2.27. The lowest BCUT2D eigenvalue weighted by atomic mass is 10.0. The molecule has 0 amide bonds. The van der Waals surface area contributed by atoms with E-state index in [1.165, 1.54) is 28.0 Å². The highest BCUT2D eigenvalue weighted by atomic mass is 32.1. The van der Waals surface area contributed by atoms with Gasteiger partial charge in [0.25, 0.3) is 5.56 Å². The molecular weight excluding hydrogens is 331 g/mol. The van der Waals surface area contributed by atoms with Crippen LogP contribution in [0.1, 0.15) is 10.7 Å². The maximum atomic E-state index is 13.2. The first-order valence-corrected chi connectivity index (χ1v) is 8.29. The van der Waals surface area contributed by atoms with E-state index in [-0.39, 0.29) is 17.9 Å². The number of fused-ring (bicyclic) bond motifs is 1. The molecule has 5 nitrogen and oxygen atoms in total. The molecule has 0 fully saturated rings. The summed E-state index contributed by atoms with van der Waals surface area (Å²) in [4.78, 5) is 18.9. The first-order valence-electron chi connectivity index (χ1n) is 7.47. The Morgan fingerprint density at radius 1 is 1.29 bits per heavy atom. The predicted octanol–water partition coefficient (Wildman–Crippen LogP) is 2.23. The number of aryl methyl sites for hydroxylation is 2. The van der Waals surface area contributed by atoms with Gasteiger partial charge in [-0.25, -0.2) is 9.37 Å². The van der Waals surface area contributed by atoms with E-state index in [2.05, 4.69) is 4.98 Å². The van der Waals surface area contributed by atoms with Gasteiger partial charge in [-0.15, -0.1) is 11.3 Å². The van der Waals surface area contributed by atoms with Crippen molar-refractivity contribution >= 4 is 21.6 Å². The number of halogens is 1. The summed E-state index contributed by atoms with van der Waals surface area (Å²) in [5, 5.41) is 19.2. The molecule has 0 bridgehead atoms. The van der Waals surface area contributed by atoms with Gasteiger partial charge in [-0.1, -0.05) is 12.1 Å². The van der Waals surface area contributed by atoms with Crippen LogP contribution in [0.4, 0.5) is 4.39 Å². The van der Waals surface area contributed by atoms with Gasteiger partial charge in [0.15, 0.2) is 0 Å². The summed E-state index contributed by atoms with van der Waals surface area (Å²) < 4.78 is 14.6. The maximum Gasteiger partial charge on any atom is 0.262 e. The number of hydrogen-bond acceptors (Lipinski definition) is 5. The third kappa shape index (κ3) is 2.86. The molecular formula is C17H17FN2O3S. The van der Waals surface area contributed by atoms with Crippen LogP contribution in [0.25, 0.3) is 21.3 Å². The fourth-order valence-electron chi connectivity index (χ4n) is 2.74. The monoisotopic (exact) mass is 348 g/mol. The van der Waals surface area contributed by atoms with E-state index in [4.69, 9.17) is 5.11 Å². The molecule has 2 aromatic heterocycles. The van der Waals surface area contributed by atoms with Crippen LogP contribution >= 0.6 is 11.3 Å². The lowest BCUT2D eigenvalue weighted by molar-refractivity contribution is 0.0797. The molecule has 2 heterocycles. The molecule has 1 atom stereocenters. The van der Waals surface area contributed by atoms with Gasteiger partial charge in [-0.2, -0.15) is 0 Å². The van der Waals surface area contributed by atoms with Crippen LogP contribution in [0.3, 0.4) is 0 Å². The highest BCUT2D eigenvalue weighted by molar-refractivity contribution is 7.19. The number of aliphatic hydroxyl groups is 2. The van der Waals surface area contributed by atoms with Crippen molar-refractivity contribution in [2.75, 3.05) is 6.61 Å². The summed E-state index contributed by atoms with van der Waals surface area (Å²) in [6.45, 7) is 3.13. The van der Waals surface area contributed by atoms with E-state index in [1.807, 2.05) is 6.92 Å². The molecule has 0 aliphatic rings. The number of benzene rings is 1. The second-order valence-corrected chi connectivity index (χ2v) is 6.83. The van der Waals surface area contributed by atoms with E-state index < -0.39 is 12.7 Å². The van der Waals surface area contributed by atoms with E-state index in [0.717, 1.165) is 16.0 Å². The molecule has 1 unspecified atom stereocenters. The molecule has 0 saturated heterocycles. The number of nitrogens with zero attached hydrogens (tertiary/aromatic N) is 2. The van der Waals surface area contributed by atoms with E-state index >= 15 is 0 Å². The minimum atomic E-state index is -1.03. The number of thiophene rings is 1. The maximum absolute atomic E-state index is 13.2. The first kappa shape index (κ1) is 16.8. The predicted molar refractivity (Wildman–Crippen MR) is 91.8 cm³/mol.